The van der Waals surface area contributed by atoms with Crippen molar-refractivity contribution in [2.75, 3.05) is 13.2 Å². The van der Waals surface area contributed by atoms with Gasteiger partial charge in [-0.2, -0.15) is 0 Å². The predicted molar refractivity (Wildman–Crippen MR) is 33.8 cm³/mol. The van der Waals surface area contributed by atoms with Crippen LogP contribution in [0, 0.1) is 5.21 Å². The lowest BCUT2D eigenvalue weighted by Crippen LogP contribution is -2.41. The van der Waals surface area contributed by atoms with Gasteiger partial charge in [-0.3, -0.25) is 0 Å². The summed E-state index contributed by atoms with van der Waals surface area (Å²) in [4.78, 5) is 5.05. The fourth-order valence-electron chi connectivity index (χ4n) is 0.813. The molecule has 1 aliphatic rings. The molecular formula is C5H11N3O2. The molecule has 0 aromatic rings. The van der Waals surface area contributed by atoms with E-state index in [9.17, 15) is 5.21 Å². The van der Waals surface area contributed by atoms with Crippen molar-refractivity contribution in [1.29, 1.82) is 0 Å². The van der Waals surface area contributed by atoms with Crippen molar-refractivity contribution in [3.63, 3.8) is 0 Å². The standard InChI is InChI=1S/C5H11N3O2/c1-5(2)7-3-4-10-6-8(7)9/h5H,3-4H2,1-2H3. The Kier molecular flexibility index (Phi) is 1.94. The largest absolute Gasteiger partial charge is 0.569 e. The third kappa shape index (κ3) is 1.29. The number of hydrogen-bond donors (Lipinski definition) is 0. The van der Waals surface area contributed by atoms with Crippen molar-refractivity contribution >= 4 is 0 Å². The molecule has 1 aliphatic heterocycles. The second-order valence-electron chi connectivity index (χ2n) is 2.42. The maximum absolute atomic E-state index is 10.8. The fourth-order valence-corrected chi connectivity index (χ4v) is 0.813. The lowest BCUT2D eigenvalue weighted by Gasteiger charge is -2.23. The van der Waals surface area contributed by atoms with E-state index < -0.39 is 0 Å². The summed E-state index contributed by atoms with van der Waals surface area (Å²) in [6.45, 7) is 4.99. The van der Waals surface area contributed by atoms with E-state index in [1.807, 2.05) is 13.8 Å². The first-order valence-electron chi connectivity index (χ1n) is 3.28. The second-order valence-corrected chi connectivity index (χ2v) is 2.42. The number of rotatable bonds is 1. The molecule has 0 aromatic heterocycles. The van der Waals surface area contributed by atoms with Crippen LogP contribution in [-0.4, -0.2) is 29.2 Å². The molecule has 0 saturated carbocycles. The molecule has 0 aliphatic carbocycles. The van der Waals surface area contributed by atoms with Gasteiger partial charge in [-0.05, 0) is 13.8 Å². The molecule has 0 unspecified atom stereocenters. The first kappa shape index (κ1) is 7.11. The average Bonchev–Trinajstić information content (AvgIpc) is 1.88. The highest BCUT2D eigenvalue weighted by Gasteiger charge is 2.20. The molecule has 0 saturated heterocycles. The van der Waals surface area contributed by atoms with Gasteiger partial charge in [0.25, 0.3) is 0 Å². The molecule has 0 aromatic carbocycles. The van der Waals surface area contributed by atoms with Crippen LogP contribution in [0.1, 0.15) is 13.8 Å². The van der Waals surface area contributed by atoms with Crippen molar-refractivity contribution in [2.24, 2.45) is 5.28 Å². The summed E-state index contributed by atoms with van der Waals surface area (Å²) in [6, 6.07) is 0.185. The zero-order valence-corrected chi connectivity index (χ0v) is 6.15. The van der Waals surface area contributed by atoms with E-state index in [-0.39, 0.29) is 6.04 Å². The van der Waals surface area contributed by atoms with E-state index in [1.54, 1.807) is 5.01 Å². The Morgan fingerprint density at radius 1 is 1.70 bits per heavy atom. The summed E-state index contributed by atoms with van der Waals surface area (Å²) in [6.07, 6.45) is 0. The second kappa shape index (κ2) is 2.72. The van der Waals surface area contributed by atoms with Gasteiger partial charge in [-0.25, -0.2) is 0 Å². The van der Waals surface area contributed by atoms with Gasteiger partial charge in [0.15, 0.2) is 0 Å². The van der Waals surface area contributed by atoms with Gasteiger partial charge in [0.05, 0.1) is 11.0 Å². The van der Waals surface area contributed by atoms with E-state index in [0.717, 1.165) is 0 Å². The van der Waals surface area contributed by atoms with Crippen LogP contribution in [0.5, 0.6) is 0 Å². The molecule has 0 N–H and O–H groups in total. The van der Waals surface area contributed by atoms with Gasteiger partial charge in [0.1, 0.15) is 13.2 Å². The average molecular weight is 145 g/mol. The summed E-state index contributed by atoms with van der Waals surface area (Å²) < 4.78 is 0. The van der Waals surface area contributed by atoms with Gasteiger partial charge in [0, 0.05) is 0 Å². The monoisotopic (exact) mass is 145 g/mol. The lowest BCUT2D eigenvalue weighted by molar-refractivity contribution is -0.729. The highest BCUT2D eigenvalue weighted by atomic mass is 16.7. The summed E-state index contributed by atoms with van der Waals surface area (Å²) >= 11 is 0. The molecule has 5 heteroatoms. The zero-order chi connectivity index (χ0) is 7.56. The van der Waals surface area contributed by atoms with Crippen LogP contribution in [0.4, 0.5) is 0 Å². The molecule has 0 amide bonds. The third-order valence-electron chi connectivity index (χ3n) is 1.36. The van der Waals surface area contributed by atoms with Crippen LogP contribution in [0.15, 0.2) is 5.28 Å². The van der Waals surface area contributed by atoms with E-state index in [4.69, 9.17) is 0 Å². The van der Waals surface area contributed by atoms with E-state index >= 15 is 0 Å². The molecular weight excluding hydrogens is 134 g/mol. The molecule has 0 radical (unpaired) electrons. The molecule has 1 heterocycles. The minimum absolute atomic E-state index is 0.185. The Morgan fingerprint density at radius 2 is 2.40 bits per heavy atom. The predicted octanol–water partition coefficient (Wildman–Crippen LogP) is 0.519. The minimum Gasteiger partial charge on any atom is -0.569 e. The Hall–Kier alpha value is -1.00. The molecule has 10 heavy (non-hydrogen) atoms. The number of hydrazine groups is 1. The maximum Gasteiger partial charge on any atom is 0.233 e. The number of hydrogen-bond acceptors (Lipinski definition) is 4. The van der Waals surface area contributed by atoms with Crippen LogP contribution in [0.25, 0.3) is 0 Å². The molecule has 5 nitrogen and oxygen atoms in total. The van der Waals surface area contributed by atoms with Crippen molar-refractivity contribution in [3.8, 4) is 0 Å². The highest BCUT2D eigenvalue weighted by Crippen LogP contribution is 2.03. The summed E-state index contributed by atoms with van der Waals surface area (Å²) in [5.41, 5.74) is 0. The molecule has 0 bridgehead atoms. The van der Waals surface area contributed by atoms with Crippen molar-refractivity contribution in [3.05, 3.63) is 5.21 Å². The minimum atomic E-state index is 0.185. The van der Waals surface area contributed by atoms with E-state index in [2.05, 4.69) is 10.1 Å². The Bertz CT molecular complexity index is 146. The van der Waals surface area contributed by atoms with Crippen molar-refractivity contribution in [2.45, 2.75) is 19.9 Å². The Labute approximate surface area is 59.4 Å². The maximum atomic E-state index is 10.8. The van der Waals surface area contributed by atoms with Gasteiger partial charge < -0.3 is 10.0 Å². The summed E-state index contributed by atoms with van der Waals surface area (Å²) in [5, 5.41) is 15.6. The summed E-state index contributed by atoms with van der Waals surface area (Å²) in [7, 11) is 0. The lowest BCUT2D eigenvalue weighted by atomic mass is 10.4. The van der Waals surface area contributed by atoms with Crippen LogP contribution < -0.4 is 0 Å². The fraction of sp³-hybridized carbons (Fsp3) is 1.00. The van der Waals surface area contributed by atoms with Crippen LogP contribution in [-0.2, 0) is 4.84 Å². The molecule has 0 spiro atoms. The molecule has 0 fully saturated rings. The number of nitrogens with zero attached hydrogens (tertiary/aromatic N) is 3. The van der Waals surface area contributed by atoms with Crippen LogP contribution >= 0.6 is 0 Å². The van der Waals surface area contributed by atoms with Crippen LogP contribution in [0.2, 0.25) is 0 Å². The van der Waals surface area contributed by atoms with Gasteiger partial charge in [0.2, 0.25) is 5.28 Å². The third-order valence-corrected chi connectivity index (χ3v) is 1.36. The Balaban J connectivity index is 2.58. The first-order valence-corrected chi connectivity index (χ1v) is 3.28. The molecule has 1 rings (SSSR count). The first-order chi connectivity index (χ1) is 4.72. The van der Waals surface area contributed by atoms with E-state index in [1.165, 1.54) is 0 Å². The molecule has 58 valence electrons. The highest BCUT2D eigenvalue weighted by molar-refractivity contribution is 4.50. The zero-order valence-electron chi connectivity index (χ0n) is 6.15. The smallest absolute Gasteiger partial charge is 0.233 e. The molecule has 0 atom stereocenters. The Morgan fingerprint density at radius 3 is 2.80 bits per heavy atom. The van der Waals surface area contributed by atoms with Gasteiger partial charge >= 0.3 is 0 Å². The topological polar surface area (TPSA) is 50.9 Å². The van der Waals surface area contributed by atoms with Crippen molar-refractivity contribution < 1.29 is 9.81 Å². The SMILES string of the molecule is CC(C)N1CCON=[N+]1[O-]. The van der Waals surface area contributed by atoms with Crippen LogP contribution in [0.3, 0.4) is 0 Å². The summed E-state index contributed by atoms with van der Waals surface area (Å²) in [5.74, 6) is 0. The van der Waals surface area contributed by atoms with Crippen molar-refractivity contribution in [1.82, 2.24) is 5.01 Å². The van der Waals surface area contributed by atoms with E-state index in [0.29, 0.717) is 18.1 Å². The van der Waals surface area contributed by atoms with Gasteiger partial charge in [-0.15, -0.1) is 5.01 Å². The normalized spacial score (nSPS) is 18.7. The quantitative estimate of drug-likeness (QED) is 0.399. The van der Waals surface area contributed by atoms with Gasteiger partial charge in [-0.1, -0.05) is 0 Å².